The molecule has 0 unspecified atom stereocenters. The molecule has 0 bridgehead atoms. The number of rotatable bonds is 3. The van der Waals surface area contributed by atoms with Gasteiger partial charge in [0.2, 0.25) is 0 Å². The highest BCUT2D eigenvalue weighted by Gasteiger charge is 2.16. The van der Waals surface area contributed by atoms with Gasteiger partial charge in [-0.1, -0.05) is 20.4 Å². The Morgan fingerprint density at radius 1 is 1.27 bits per heavy atom. The Morgan fingerprint density at radius 3 is 2.13 bits per heavy atom. The molecule has 0 radical (unpaired) electrons. The standard InChI is InChI=1S/C12H21NO2/c1-7-9(3)10(8-2)13-11(14)15-12(4,5)6/h3,7-8H2,1-2,4-6H3/b13-10-. The van der Waals surface area contributed by atoms with Gasteiger partial charge in [-0.05, 0) is 39.2 Å². The molecule has 0 aliphatic rings. The van der Waals surface area contributed by atoms with Crippen LogP contribution < -0.4 is 0 Å². The van der Waals surface area contributed by atoms with Crippen molar-refractivity contribution in [1.82, 2.24) is 0 Å². The molecule has 0 atom stereocenters. The zero-order valence-corrected chi connectivity index (χ0v) is 10.4. The second-order valence-corrected chi connectivity index (χ2v) is 4.35. The Balaban J connectivity index is 4.57. The van der Waals surface area contributed by atoms with E-state index in [4.69, 9.17) is 4.74 Å². The summed E-state index contributed by atoms with van der Waals surface area (Å²) in [7, 11) is 0. The molecule has 86 valence electrons. The number of hydrogen-bond acceptors (Lipinski definition) is 2. The average molecular weight is 211 g/mol. The van der Waals surface area contributed by atoms with E-state index in [1.165, 1.54) is 0 Å². The van der Waals surface area contributed by atoms with Crippen LogP contribution in [0.2, 0.25) is 0 Å². The molecule has 0 spiro atoms. The van der Waals surface area contributed by atoms with Crippen LogP contribution in [0.5, 0.6) is 0 Å². The van der Waals surface area contributed by atoms with Gasteiger partial charge in [0.25, 0.3) is 0 Å². The maximum atomic E-state index is 11.4. The Hall–Kier alpha value is -1.12. The smallest absolute Gasteiger partial charge is 0.434 e. The fraction of sp³-hybridized carbons (Fsp3) is 0.667. The molecule has 0 aromatic rings. The van der Waals surface area contributed by atoms with Crippen LogP contribution in [-0.2, 0) is 4.74 Å². The minimum absolute atomic E-state index is 0.493. The maximum Gasteiger partial charge on any atom is 0.434 e. The quantitative estimate of drug-likeness (QED) is 0.667. The van der Waals surface area contributed by atoms with Gasteiger partial charge < -0.3 is 4.74 Å². The van der Waals surface area contributed by atoms with Crippen molar-refractivity contribution in [2.75, 3.05) is 0 Å². The lowest BCUT2D eigenvalue weighted by molar-refractivity contribution is 0.0604. The molecule has 0 fully saturated rings. The molecule has 0 rings (SSSR count). The number of carbonyl (C=O) groups is 1. The van der Waals surface area contributed by atoms with Crippen LogP contribution in [0.3, 0.4) is 0 Å². The zero-order chi connectivity index (χ0) is 12.1. The van der Waals surface area contributed by atoms with Gasteiger partial charge in [0.1, 0.15) is 5.60 Å². The Kier molecular flexibility index (Phi) is 5.26. The highest BCUT2D eigenvalue weighted by Crippen LogP contribution is 2.10. The van der Waals surface area contributed by atoms with E-state index in [-0.39, 0.29) is 0 Å². The highest BCUT2D eigenvalue weighted by molar-refractivity contribution is 6.04. The van der Waals surface area contributed by atoms with Gasteiger partial charge in [-0.2, -0.15) is 4.99 Å². The number of allylic oxidation sites excluding steroid dienone is 1. The summed E-state index contributed by atoms with van der Waals surface area (Å²) < 4.78 is 5.10. The second kappa shape index (κ2) is 5.69. The van der Waals surface area contributed by atoms with E-state index in [1.54, 1.807) is 0 Å². The molecule has 15 heavy (non-hydrogen) atoms. The molecule has 3 nitrogen and oxygen atoms in total. The molecule has 0 N–H and O–H groups in total. The van der Waals surface area contributed by atoms with Crippen molar-refractivity contribution in [3.05, 3.63) is 12.2 Å². The van der Waals surface area contributed by atoms with Crippen molar-refractivity contribution < 1.29 is 9.53 Å². The maximum absolute atomic E-state index is 11.4. The number of amides is 1. The molecule has 0 heterocycles. The number of carbonyl (C=O) groups excluding carboxylic acids is 1. The molecule has 0 aliphatic heterocycles. The summed E-state index contributed by atoms with van der Waals surface area (Å²) in [6, 6.07) is 0. The number of aliphatic imine (C=N–C) groups is 1. The number of nitrogens with zero attached hydrogens (tertiary/aromatic N) is 1. The van der Waals surface area contributed by atoms with Gasteiger partial charge in [-0.3, -0.25) is 0 Å². The third kappa shape index (κ3) is 6.05. The van der Waals surface area contributed by atoms with E-state index in [0.717, 1.165) is 17.7 Å². The predicted molar refractivity (Wildman–Crippen MR) is 63.4 cm³/mol. The fourth-order valence-corrected chi connectivity index (χ4v) is 1.01. The highest BCUT2D eigenvalue weighted by atomic mass is 16.6. The first-order chi connectivity index (χ1) is 6.80. The third-order valence-electron chi connectivity index (χ3n) is 1.79. The van der Waals surface area contributed by atoms with Gasteiger partial charge in [-0.25, -0.2) is 4.79 Å². The van der Waals surface area contributed by atoms with E-state index < -0.39 is 11.7 Å². The lowest BCUT2D eigenvalue weighted by atomic mass is 10.1. The summed E-state index contributed by atoms with van der Waals surface area (Å²) in [5.41, 5.74) is 1.13. The minimum Gasteiger partial charge on any atom is -0.442 e. The third-order valence-corrected chi connectivity index (χ3v) is 1.79. The normalized spacial score (nSPS) is 12.5. The molecule has 0 aromatic carbocycles. The summed E-state index contributed by atoms with van der Waals surface area (Å²) in [6.45, 7) is 13.3. The predicted octanol–water partition coefficient (Wildman–Crippen LogP) is 3.74. The van der Waals surface area contributed by atoms with E-state index >= 15 is 0 Å². The summed E-state index contributed by atoms with van der Waals surface area (Å²) in [4.78, 5) is 15.3. The lowest BCUT2D eigenvalue weighted by Crippen LogP contribution is -2.22. The molecule has 0 aliphatic carbocycles. The SMILES string of the molecule is C=C(CC)/C(CC)=N\C(=O)OC(C)(C)C. The summed E-state index contributed by atoms with van der Waals surface area (Å²) >= 11 is 0. The Morgan fingerprint density at radius 2 is 1.80 bits per heavy atom. The van der Waals surface area contributed by atoms with Crippen molar-refractivity contribution in [3.63, 3.8) is 0 Å². The Bertz CT molecular complexity index is 272. The van der Waals surface area contributed by atoms with E-state index in [2.05, 4.69) is 11.6 Å². The second-order valence-electron chi connectivity index (χ2n) is 4.35. The monoisotopic (exact) mass is 211 g/mol. The van der Waals surface area contributed by atoms with E-state index in [9.17, 15) is 4.79 Å². The van der Waals surface area contributed by atoms with Crippen molar-refractivity contribution in [1.29, 1.82) is 0 Å². The van der Waals surface area contributed by atoms with Crippen LogP contribution in [0, 0.1) is 0 Å². The molecule has 0 saturated heterocycles. The van der Waals surface area contributed by atoms with E-state index in [1.807, 2.05) is 34.6 Å². The molecular formula is C12H21NO2. The van der Waals surface area contributed by atoms with Gasteiger partial charge in [0.15, 0.2) is 0 Å². The van der Waals surface area contributed by atoms with Gasteiger partial charge in [0.05, 0.1) is 5.71 Å². The van der Waals surface area contributed by atoms with Gasteiger partial charge in [-0.15, -0.1) is 0 Å². The van der Waals surface area contributed by atoms with Crippen molar-refractivity contribution in [2.24, 2.45) is 4.99 Å². The van der Waals surface area contributed by atoms with Crippen molar-refractivity contribution >= 4 is 11.8 Å². The van der Waals surface area contributed by atoms with Gasteiger partial charge >= 0.3 is 6.09 Å². The molecule has 3 heteroatoms. The van der Waals surface area contributed by atoms with Gasteiger partial charge in [0, 0.05) is 0 Å². The largest absolute Gasteiger partial charge is 0.442 e. The van der Waals surface area contributed by atoms with Crippen LogP contribution in [0.1, 0.15) is 47.5 Å². The van der Waals surface area contributed by atoms with Crippen LogP contribution in [-0.4, -0.2) is 17.4 Å². The lowest BCUT2D eigenvalue weighted by Gasteiger charge is -2.17. The van der Waals surface area contributed by atoms with Crippen LogP contribution in [0.25, 0.3) is 0 Å². The molecule has 1 amide bonds. The number of hydrogen-bond donors (Lipinski definition) is 0. The average Bonchev–Trinajstić information content (AvgIpc) is 2.10. The fourth-order valence-electron chi connectivity index (χ4n) is 1.01. The first kappa shape index (κ1) is 13.9. The van der Waals surface area contributed by atoms with Crippen LogP contribution in [0.4, 0.5) is 4.79 Å². The van der Waals surface area contributed by atoms with E-state index in [0.29, 0.717) is 6.42 Å². The topological polar surface area (TPSA) is 38.7 Å². The van der Waals surface area contributed by atoms with Crippen molar-refractivity contribution in [3.8, 4) is 0 Å². The van der Waals surface area contributed by atoms with Crippen LogP contribution in [0.15, 0.2) is 17.1 Å². The first-order valence-electron chi connectivity index (χ1n) is 5.28. The molecule has 0 aromatic heterocycles. The summed E-state index contributed by atoms with van der Waals surface area (Å²) in [5, 5.41) is 0. The minimum atomic E-state index is -0.533. The summed E-state index contributed by atoms with van der Waals surface area (Å²) in [5.74, 6) is 0. The van der Waals surface area contributed by atoms with Crippen LogP contribution >= 0.6 is 0 Å². The number of ether oxygens (including phenoxy) is 1. The zero-order valence-electron chi connectivity index (χ0n) is 10.4. The van der Waals surface area contributed by atoms with Crippen molar-refractivity contribution in [2.45, 2.75) is 53.1 Å². The summed E-state index contributed by atoms with van der Waals surface area (Å²) in [6.07, 6.45) is 0.968. The Labute approximate surface area is 92.2 Å². The molecule has 0 saturated carbocycles. The first-order valence-corrected chi connectivity index (χ1v) is 5.28. The molecular weight excluding hydrogens is 190 g/mol.